The molecule has 12 nitrogen and oxygen atoms in total. The third-order valence-corrected chi connectivity index (χ3v) is 15.2. The first-order chi connectivity index (χ1) is 25.3. The van der Waals surface area contributed by atoms with Gasteiger partial charge in [0.15, 0.2) is 9.84 Å². The summed E-state index contributed by atoms with van der Waals surface area (Å²) < 4.78 is 91.6. The Bertz CT molecular complexity index is 2620. The predicted molar refractivity (Wildman–Crippen MR) is 202 cm³/mol. The van der Waals surface area contributed by atoms with Crippen molar-refractivity contribution in [3.8, 4) is 5.75 Å². The van der Waals surface area contributed by atoms with Gasteiger partial charge in [-0.05, 0) is 61.0 Å². The maximum absolute atomic E-state index is 14.7. The van der Waals surface area contributed by atoms with Gasteiger partial charge in [-0.2, -0.15) is 12.7 Å². The monoisotopic (exact) mass is 771 g/mol. The van der Waals surface area contributed by atoms with Crippen LogP contribution < -0.4 is 9.50 Å². The zero-order chi connectivity index (χ0) is 37.4. The molecule has 0 amide bonds. The number of sulfone groups is 1. The first-order valence-corrected chi connectivity index (χ1v) is 21.2. The van der Waals surface area contributed by atoms with Gasteiger partial charge in [-0.1, -0.05) is 54.6 Å². The average molecular weight is 772 g/mol. The summed E-state index contributed by atoms with van der Waals surface area (Å²) in [4.78, 5) is 10.1. The molecule has 4 aromatic carbocycles. The maximum atomic E-state index is 14.7. The van der Waals surface area contributed by atoms with Crippen molar-refractivity contribution in [2.75, 3.05) is 26.7 Å². The van der Waals surface area contributed by atoms with Gasteiger partial charge in [0.05, 0.1) is 15.5 Å². The van der Waals surface area contributed by atoms with E-state index in [1.54, 1.807) is 90.9 Å². The van der Waals surface area contributed by atoms with Crippen LogP contribution in [0.2, 0.25) is 0 Å². The summed E-state index contributed by atoms with van der Waals surface area (Å²) in [7, 11) is -11.0. The number of hydrogen-bond donors (Lipinski definition) is 1. The van der Waals surface area contributed by atoms with Crippen LogP contribution in [0, 0.1) is 0 Å². The Balaban J connectivity index is 1.27. The molecule has 1 aliphatic heterocycles. The van der Waals surface area contributed by atoms with Gasteiger partial charge in [0, 0.05) is 79.4 Å². The quantitative estimate of drug-likeness (QED) is 0.180. The van der Waals surface area contributed by atoms with Crippen molar-refractivity contribution in [1.29, 1.82) is 0 Å². The lowest BCUT2D eigenvalue weighted by molar-refractivity contribution is -0.00495. The van der Waals surface area contributed by atoms with Gasteiger partial charge in [0.25, 0.3) is 0 Å². The van der Waals surface area contributed by atoms with Crippen molar-refractivity contribution in [1.82, 2.24) is 24.5 Å². The van der Waals surface area contributed by atoms with E-state index in [0.29, 0.717) is 33.7 Å². The molecule has 6 aromatic rings. The van der Waals surface area contributed by atoms with Crippen molar-refractivity contribution in [3.05, 3.63) is 133 Å². The molecule has 0 radical (unpaired) electrons. The summed E-state index contributed by atoms with van der Waals surface area (Å²) >= 11 is 0. The van der Waals surface area contributed by atoms with Crippen LogP contribution in [0.3, 0.4) is 0 Å². The van der Waals surface area contributed by atoms with Crippen molar-refractivity contribution >= 4 is 51.5 Å². The minimum atomic E-state index is -4.27. The molecule has 1 saturated heterocycles. The highest BCUT2D eigenvalue weighted by molar-refractivity contribution is 7.92. The Morgan fingerprint density at radius 3 is 2.02 bits per heavy atom. The van der Waals surface area contributed by atoms with Gasteiger partial charge in [-0.25, -0.2) is 16.8 Å². The molecule has 7 rings (SSSR count). The SMILES string of the molecule is CN(C(C)(Cc1ccc(OS(=O)(=O)c2cccc3cnccc23)cc1)N1CCNCC1S(=O)(=O)c1ccccc1)S(=O)(=O)c1cccc2cnccc12. The topological polar surface area (TPSA) is 156 Å². The van der Waals surface area contributed by atoms with E-state index >= 15 is 0 Å². The molecule has 53 heavy (non-hydrogen) atoms. The fraction of sp³-hybridized carbons (Fsp3) is 0.211. The van der Waals surface area contributed by atoms with Crippen molar-refractivity contribution in [2.24, 2.45) is 0 Å². The van der Waals surface area contributed by atoms with E-state index in [-0.39, 0.29) is 39.9 Å². The second kappa shape index (κ2) is 14.2. The van der Waals surface area contributed by atoms with Crippen LogP contribution in [0.4, 0.5) is 0 Å². The number of fused-ring (bicyclic) bond motifs is 2. The lowest BCUT2D eigenvalue weighted by Crippen LogP contribution is -2.69. The zero-order valence-corrected chi connectivity index (χ0v) is 31.4. The number of sulfonamides is 1. The highest BCUT2D eigenvalue weighted by Crippen LogP contribution is 2.37. The Hall–Kier alpha value is -4.77. The van der Waals surface area contributed by atoms with E-state index in [2.05, 4.69) is 15.3 Å². The molecule has 0 saturated carbocycles. The molecule has 2 unspecified atom stereocenters. The summed E-state index contributed by atoms with van der Waals surface area (Å²) in [5, 5.41) is 4.30. The first-order valence-electron chi connectivity index (χ1n) is 16.8. The smallest absolute Gasteiger partial charge is 0.339 e. The van der Waals surface area contributed by atoms with Crippen LogP contribution in [0.1, 0.15) is 12.5 Å². The van der Waals surface area contributed by atoms with E-state index < -0.39 is 41.0 Å². The molecule has 2 atom stereocenters. The maximum Gasteiger partial charge on any atom is 0.339 e. The Labute approximate surface area is 309 Å². The fourth-order valence-corrected chi connectivity index (χ4v) is 11.6. The van der Waals surface area contributed by atoms with Crippen molar-refractivity contribution in [3.63, 3.8) is 0 Å². The van der Waals surface area contributed by atoms with Crippen LogP contribution in [-0.2, 0) is 36.4 Å². The second-order valence-corrected chi connectivity index (χ2v) is 18.5. The number of benzene rings is 4. The van der Waals surface area contributed by atoms with Gasteiger partial charge >= 0.3 is 10.1 Å². The highest BCUT2D eigenvalue weighted by atomic mass is 32.2. The summed E-state index contributed by atoms with van der Waals surface area (Å²) in [5.74, 6) is 0.0542. The van der Waals surface area contributed by atoms with E-state index in [9.17, 15) is 25.3 Å². The van der Waals surface area contributed by atoms with E-state index in [0.717, 1.165) is 0 Å². The Morgan fingerprint density at radius 2 is 1.38 bits per heavy atom. The second-order valence-electron chi connectivity index (χ2n) is 13.0. The lowest BCUT2D eigenvalue weighted by Gasteiger charge is -2.51. The normalized spacial score (nSPS) is 17.2. The Kier molecular flexibility index (Phi) is 9.82. The molecule has 15 heteroatoms. The lowest BCUT2D eigenvalue weighted by atomic mass is 9.98. The van der Waals surface area contributed by atoms with Gasteiger partial charge in [-0.3, -0.25) is 14.9 Å². The number of rotatable bonds is 11. The summed E-state index contributed by atoms with van der Waals surface area (Å²) in [6.07, 6.45) is 6.24. The molecule has 3 heterocycles. The van der Waals surface area contributed by atoms with Gasteiger partial charge < -0.3 is 9.50 Å². The summed E-state index contributed by atoms with van der Waals surface area (Å²) in [6, 6.07) is 27.5. The third-order valence-electron chi connectivity index (χ3n) is 9.78. The zero-order valence-electron chi connectivity index (χ0n) is 28.9. The van der Waals surface area contributed by atoms with Gasteiger partial charge in [0.2, 0.25) is 10.0 Å². The standard InChI is InChI=1S/C38H37N5O7S3/c1-38(42(2)52(46,47)35-12-6-8-29-25-39-20-18-33(29)35,43-23-22-41-27-37(43)51(44,45)32-10-4-3-5-11-32)24-28-14-16-31(17-15-28)50-53(48,49)36-13-7-9-30-26-40-21-19-34(30)36/h3-21,25-26,37,41H,22-24,27H2,1-2H3. The average Bonchev–Trinajstić information content (AvgIpc) is 3.18. The largest absolute Gasteiger partial charge is 0.379 e. The van der Waals surface area contributed by atoms with Crippen LogP contribution in [-0.4, -0.2) is 82.1 Å². The highest BCUT2D eigenvalue weighted by Gasteiger charge is 2.49. The van der Waals surface area contributed by atoms with Crippen LogP contribution >= 0.6 is 0 Å². The first kappa shape index (κ1) is 36.6. The van der Waals surface area contributed by atoms with Crippen molar-refractivity contribution < 1.29 is 29.4 Å². The number of nitrogens with one attached hydrogen (secondary N) is 1. The molecular formula is C38H37N5O7S3. The van der Waals surface area contributed by atoms with Gasteiger partial charge in [-0.15, -0.1) is 0 Å². The molecule has 0 spiro atoms. The number of likely N-dealkylation sites (N-methyl/N-ethyl adjacent to an activating group) is 1. The van der Waals surface area contributed by atoms with Gasteiger partial charge in [0.1, 0.15) is 16.0 Å². The number of piperazine rings is 1. The molecule has 0 aliphatic carbocycles. The molecule has 1 fully saturated rings. The van der Waals surface area contributed by atoms with Crippen LogP contribution in [0.5, 0.6) is 5.75 Å². The molecule has 1 aliphatic rings. The number of aromatic nitrogens is 2. The molecule has 2 aromatic heterocycles. The molecule has 274 valence electrons. The van der Waals surface area contributed by atoms with Crippen LogP contribution in [0.25, 0.3) is 21.5 Å². The fourth-order valence-electron chi connectivity index (χ4n) is 6.92. The number of pyridine rings is 2. The van der Waals surface area contributed by atoms with E-state index in [4.69, 9.17) is 4.18 Å². The van der Waals surface area contributed by atoms with E-state index in [1.807, 2.05) is 0 Å². The predicted octanol–water partition coefficient (Wildman–Crippen LogP) is 4.84. The Morgan fingerprint density at radius 1 is 0.774 bits per heavy atom. The molecular weight excluding hydrogens is 735 g/mol. The third kappa shape index (κ3) is 6.91. The van der Waals surface area contributed by atoms with Crippen LogP contribution in [0.15, 0.2) is 143 Å². The minimum Gasteiger partial charge on any atom is -0.379 e. The summed E-state index contributed by atoms with van der Waals surface area (Å²) in [5.41, 5.74) is -0.833. The molecule has 1 N–H and O–H groups in total. The molecule has 0 bridgehead atoms. The summed E-state index contributed by atoms with van der Waals surface area (Å²) in [6.45, 7) is 2.42. The number of hydrogen-bond acceptors (Lipinski definition) is 11. The number of nitrogens with zero attached hydrogens (tertiary/aromatic N) is 4. The van der Waals surface area contributed by atoms with Crippen molar-refractivity contribution in [2.45, 2.75) is 39.1 Å². The van der Waals surface area contributed by atoms with E-state index in [1.165, 1.54) is 60.1 Å². The minimum absolute atomic E-state index is 0.00512.